The van der Waals surface area contributed by atoms with Gasteiger partial charge in [0.1, 0.15) is 0 Å². The van der Waals surface area contributed by atoms with Crippen molar-refractivity contribution in [1.29, 1.82) is 0 Å². The van der Waals surface area contributed by atoms with E-state index in [1.54, 1.807) is 12.1 Å². The summed E-state index contributed by atoms with van der Waals surface area (Å²) in [6.45, 7) is 1.72. The molecule has 6 nitrogen and oxygen atoms in total. The van der Waals surface area contributed by atoms with Crippen LogP contribution in [0.4, 0.5) is 0 Å². The lowest BCUT2D eigenvalue weighted by atomic mass is 10.1. The molecule has 2 aromatic rings. The number of carbonyl (C=O) groups is 1. The molecule has 2 aromatic carbocycles. The van der Waals surface area contributed by atoms with E-state index in [0.717, 1.165) is 10.6 Å². The molecule has 0 spiro atoms. The monoisotopic (exact) mass is 378 g/mol. The van der Waals surface area contributed by atoms with Crippen LogP contribution in [0.5, 0.6) is 17.2 Å². The van der Waals surface area contributed by atoms with E-state index in [-0.39, 0.29) is 5.91 Å². The highest BCUT2D eigenvalue weighted by atomic mass is 35.5. The van der Waals surface area contributed by atoms with E-state index in [1.807, 2.05) is 24.3 Å². The first-order chi connectivity index (χ1) is 12.6. The molecular weight excluding hydrogens is 356 g/mol. The molecule has 2 rings (SSSR count). The lowest BCUT2D eigenvalue weighted by Crippen LogP contribution is -2.31. The molecule has 0 aromatic heterocycles. The molecule has 2 N–H and O–H groups in total. The van der Waals surface area contributed by atoms with E-state index >= 15 is 0 Å². The Morgan fingerprint density at radius 2 is 1.65 bits per heavy atom. The summed E-state index contributed by atoms with van der Waals surface area (Å²) in [6.07, 6.45) is 0. The van der Waals surface area contributed by atoms with Crippen LogP contribution < -0.4 is 24.8 Å². The van der Waals surface area contributed by atoms with Gasteiger partial charge in [-0.3, -0.25) is 4.79 Å². The molecule has 26 heavy (non-hydrogen) atoms. The number of amides is 1. The Labute approximate surface area is 158 Å². The Bertz CT molecular complexity index is 727. The van der Waals surface area contributed by atoms with Gasteiger partial charge in [-0.15, -0.1) is 0 Å². The minimum absolute atomic E-state index is 0.219. The number of carbonyl (C=O) groups excluding carboxylic acids is 1. The van der Waals surface area contributed by atoms with Gasteiger partial charge in [-0.2, -0.15) is 0 Å². The molecule has 0 saturated heterocycles. The van der Waals surface area contributed by atoms with Crippen molar-refractivity contribution in [2.24, 2.45) is 0 Å². The topological polar surface area (TPSA) is 68.8 Å². The van der Waals surface area contributed by atoms with Crippen LogP contribution in [0.1, 0.15) is 15.9 Å². The fraction of sp³-hybridized carbons (Fsp3) is 0.316. The minimum atomic E-state index is -0.219. The van der Waals surface area contributed by atoms with Crippen molar-refractivity contribution in [1.82, 2.24) is 10.6 Å². The summed E-state index contributed by atoms with van der Waals surface area (Å²) in [6, 6.07) is 10.9. The van der Waals surface area contributed by atoms with E-state index in [4.69, 9.17) is 25.8 Å². The summed E-state index contributed by atoms with van der Waals surface area (Å²) in [5.74, 6) is 1.11. The molecule has 0 heterocycles. The second-order valence-electron chi connectivity index (χ2n) is 5.44. The summed E-state index contributed by atoms with van der Waals surface area (Å²) < 4.78 is 15.8. The van der Waals surface area contributed by atoms with Crippen LogP contribution in [-0.2, 0) is 6.54 Å². The number of nitrogens with one attached hydrogen (secondary N) is 2. The second-order valence-corrected chi connectivity index (χ2v) is 5.85. The summed E-state index contributed by atoms with van der Waals surface area (Å²) in [5.41, 5.74) is 1.45. The third-order valence-corrected chi connectivity index (χ3v) is 4.16. The Kier molecular flexibility index (Phi) is 7.56. The molecule has 0 bridgehead atoms. The van der Waals surface area contributed by atoms with Crippen molar-refractivity contribution in [3.8, 4) is 17.2 Å². The molecule has 0 aliphatic heterocycles. The molecule has 7 heteroatoms. The average Bonchev–Trinajstić information content (AvgIpc) is 2.67. The van der Waals surface area contributed by atoms with Gasteiger partial charge in [0.2, 0.25) is 5.75 Å². The maximum Gasteiger partial charge on any atom is 0.251 e. The van der Waals surface area contributed by atoms with Crippen molar-refractivity contribution in [2.45, 2.75) is 6.54 Å². The Morgan fingerprint density at radius 3 is 2.23 bits per heavy atom. The molecule has 0 radical (unpaired) electrons. The van der Waals surface area contributed by atoms with E-state index < -0.39 is 0 Å². The van der Waals surface area contributed by atoms with Crippen molar-refractivity contribution >= 4 is 17.5 Å². The number of ether oxygens (including phenoxy) is 3. The van der Waals surface area contributed by atoms with Gasteiger partial charge in [0, 0.05) is 30.2 Å². The quantitative estimate of drug-likeness (QED) is 0.657. The Balaban J connectivity index is 1.89. The average molecular weight is 379 g/mol. The number of methoxy groups -OCH3 is 3. The molecule has 0 saturated carbocycles. The van der Waals surface area contributed by atoms with Crippen LogP contribution in [0.15, 0.2) is 36.4 Å². The van der Waals surface area contributed by atoms with Gasteiger partial charge < -0.3 is 24.8 Å². The fourth-order valence-corrected chi connectivity index (χ4v) is 2.65. The molecule has 140 valence electrons. The molecule has 1 amide bonds. The smallest absolute Gasteiger partial charge is 0.251 e. The highest BCUT2D eigenvalue weighted by Gasteiger charge is 2.16. The van der Waals surface area contributed by atoms with Gasteiger partial charge in [0.25, 0.3) is 5.91 Å². The third kappa shape index (κ3) is 5.03. The molecular formula is C19H23ClN2O4. The first kappa shape index (κ1) is 19.9. The fourth-order valence-electron chi connectivity index (χ4n) is 2.44. The second kappa shape index (κ2) is 9.89. The van der Waals surface area contributed by atoms with Crippen LogP contribution >= 0.6 is 11.6 Å². The van der Waals surface area contributed by atoms with Gasteiger partial charge in [-0.05, 0) is 23.8 Å². The predicted molar refractivity (Wildman–Crippen MR) is 102 cm³/mol. The minimum Gasteiger partial charge on any atom is -0.493 e. The van der Waals surface area contributed by atoms with Crippen molar-refractivity contribution in [3.63, 3.8) is 0 Å². The van der Waals surface area contributed by atoms with Crippen molar-refractivity contribution in [2.75, 3.05) is 34.4 Å². The normalized spacial score (nSPS) is 10.3. The van der Waals surface area contributed by atoms with Gasteiger partial charge in [0.15, 0.2) is 11.5 Å². The van der Waals surface area contributed by atoms with Gasteiger partial charge in [0.05, 0.1) is 21.3 Å². The van der Waals surface area contributed by atoms with Crippen molar-refractivity contribution in [3.05, 3.63) is 52.5 Å². The summed E-state index contributed by atoms with van der Waals surface area (Å²) in [7, 11) is 4.54. The maximum atomic E-state index is 12.4. The molecule has 0 unspecified atom stereocenters. The Morgan fingerprint density at radius 1 is 1.00 bits per heavy atom. The third-order valence-electron chi connectivity index (χ3n) is 3.79. The van der Waals surface area contributed by atoms with Crippen LogP contribution in [0, 0.1) is 0 Å². The SMILES string of the molecule is COc1cc(C(=O)NCCNCc2ccccc2Cl)cc(OC)c1OC. The van der Waals surface area contributed by atoms with E-state index in [2.05, 4.69) is 10.6 Å². The predicted octanol–water partition coefficient (Wildman–Crippen LogP) is 2.89. The zero-order valence-corrected chi connectivity index (χ0v) is 15.9. The van der Waals surface area contributed by atoms with E-state index in [0.29, 0.717) is 42.4 Å². The molecule has 0 fully saturated rings. The summed E-state index contributed by atoms with van der Waals surface area (Å²) >= 11 is 6.11. The zero-order chi connectivity index (χ0) is 18.9. The lowest BCUT2D eigenvalue weighted by Gasteiger charge is -2.14. The Hall–Kier alpha value is -2.44. The van der Waals surface area contributed by atoms with Gasteiger partial charge >= 0.3 is 0 Å². The van der Waals surface area contributed by atoms with E-state index in [1.165, 1.54) is 21.3 Å². The highest BCUT2D eigenvalue weighted by Crippen LogP contribution is 2.38. The van der Waals surface area contributed by atoms with Crippen LogP contribution in [-0.4, -0.2) is 40.3 Å². The summed E-state index contributed by atoms with van der Waals surface area (Å²) in [5, 5.41) is 6.82. The number of hydrogen-bond donors (Lipinski definition) is 2. The van der Waals surface area contributed by atoms with Crippen LogP contribution in [0.25, 0.3) is 0 Å². The maximum absolute atomic E-state index is 12.4. The molecule has 0 atom stereocenters. The number of benzene rings is 2. The first-order valence-electron chi connectivity index (χ1n) is 8.13. The van der Waals surface area contributed by atoms with Crippen LogP contribution in [0.3, 0.4) is 0 Å². The number of hydrogen-bond acceptors (Lipinski definition) is 5. The lowest BCUT2D eigenvalue weighted by molar-refractivity contribution is 0.0953. The largest absolute Gasteiger partial charge is 0.493 e. The highest BCUT2D eigenvalue weighted by molar-refractivity contribution is 6.31. The standard InChI is InChI=1S/C19H23ClN2O4/c1-24-16-10-14(11-17(25-2)18(16)26-3)19(23)22-9-8-21-12-13-6-4-5-7-15(13)20/h4-7,10-11,21H,8-9,12H2,1-3H3,(H,22,23). The summed E-state index contributed by atoms with van der Waals surface area (Å²) in [4.78, 5) is 12.4. The zero-order valence-electron chi connectivity index (χ0n) is 15.1. The van der Waals surface area contributed by atoms with Crippen LogP contribution in [0.2, 0.25) is 5.02 Å². The number of halogens is 1. The van der Waals surface area contributed by atoms with Gasteiger partial charge in [-0.1, -0.05) is 29.8 Å². The first-order valence-corrected chi connectivity index (χ1v) is 8.50. The van der Waals surface area contributed by atoms with Gasteiger partial charge in [-0.25, -0.2) is 0 Å². The van der Waals surface area contributed by atoms with E-state index in [9.17, 15) is 4.79 Å². The molecule has 0 aliphatic rings. The van der Waals surface area contributed by atoms with Crippen molar-refractivity contribution < 1.29 is 19.0 Å². The number of rotatable bonds is 9. The molecule has 0 aliphatic carbocycles.